The van der Waals surface area contributed by atoms with E-state index in [2.05, 4.69) is 15.9 Å². The summed E-state index contributed by atoms with van der Waals surface area (Å²) in [6, 6.07) is 10.0. The van der Waals surface area contributed by atoms with Crippen LogP contribution in [0.3, 0.4) is 0 Å². The number of amides is 3. The standard InChI is InChI=1S/C19H21N5O5/c20-17(25)11-28-16-5-1-4-14(9-16)22-24(15-6-7-15)18(26)12-29-23-19(27)13-3-2-8-21-10-13/h1-5,8-10,15,22H,6-7,11-12H2,(H2,20,25)(H,23,27). The summed E-state index contributed by atoms with van der Waals surface area (Å²) in [5.41, 5.74) is 11.2. The number of carbonyl (C=O) groups excluding carboxylic acids is 3. The Morgan fingerprint density at radius 3 is 2.69 bits per heavy atom. The number of anilines is 1. The van der Waals surface area contributed by atoms with Crippen molar-refractivity contribution in [3.8, 4) is 5.75 Å². The molecule has 10 heteroatoms. The third kappa shape index (κ3) is 6.18. The molecule has 1 aliphatic rings. The average molecular weight is 399 g/mol. The van der Waals surface area contributed by atoms with Gasteiger partial charge in [0.05, 0.1) is 17.3 Å². The second-order valence-electron chi connectivity index (χ2n) is 6.35. The van der Waals surface area contributed by atoms with E-state index in [0.29, 0.717) is 17.0 Å². The lowest BCUT2D eigenvalue weighted by Crippen LogP contribution is -2.42. The van der Waals surface area contributed by atoms with Crippen LogP contribution in [0.2, 0.25) is 0 Å². The molecule has 3 rings (SSSR count). The Morgan fingerprint density at radius 2 is 2.00 bits per heavy atom. The normalized spacial score (nSPS) is 12.7. The van der Waals surface area contributed by atoms with Gasteiger partial charge in [0, 0.05) is 18.5 Å². The lowest BCUT2D eigenvalue weighted by molar-refractivity contribution is -0.137. The smallest absolute Gasteiger partial charge is 0.276 e. The van der Waals surface area contributed by atoms with Crippen LogP contribution in [0.1, 0.15) is 23.2 Å². The van der Waals surface area contributed by atoms with Crippen LogP contribution in [-0.2, 0) is 14.4 Å². The van der Waals surface area contributed by atoms with Crippen LogP contribution < -0.4 is 21.4 Å². The maximum Gasteiger partial charge on any atom is 0.276 e. The zero-order valence-electron chi connectivity index (χ0n) is 15.5. The van der Waals surface area contributed by atoms with Crippen molar-refractivity contribution >= 4 is 23.4 Å². The molecular weight excluding hydrogens is 378 g/mol. The molecule has 1 aliphatic carbocycles. The zero-order valence-corrected chi connectivity index (χ0v) is 15.5. The van der Waals surface area contributed by atoms with E-state index in [1.807, 2.05) is 0 Å². The van der Waals surface area contributed by atoms with Crippen molar-refractivity contribution in [2.75, 3.05) is 18.6 Å². The highest BCUT2D eigenvalue weighted by atomic mass is 16.7. The largest absolute Gasteiger partial charge is 0.484 e. The van der Waals surface area contributed by atoms with Gasteiger partial charge in [-0.15, -0.1) is 0 Å². The number of nitrogens with two attached hydrogens (primary N) is 1. The first-order valence-electron chi connectivity index (χ1n) is 8.95. The predicted molar refractivity (Wildman–Crippen MR) is 102 cm³/mol. The van der Waals surface area contributed by atoms with Gasteiger partial charge < -0.3 is 10.5 Å². The molecule has 2 aromatic rings. The fourth-order valence-electron chi connectivity index (χ4n) is 2.43. The summed E-state index contributed by atoms with van der Waals surface area (Å²) in [5.74, 6) is -0.973. The quantitative estimate of drug-likeness (QED) is 0.498. The molecule has 152 valence electrons. The van der Waals surface area contributed by atoms with E-state index >= 15 is 0 Å². The highest BCUT2D eigenvalue weighted by Crippen LogP contribution is 2.28. The molecular formula is C19H21N5O5. The average Bonchev–Trinajstić information content (AvgIpc) is 3.56. The van der Waals surface area contributed by atoms with Crippen LogP contribution in [-0.4, -0.2) is 47.0 Å². The predicted octanol–water partition coefficient (Wildman–Crippen LogP) is 0.625. The van der Waals surface area contributed by atoms with Gasteiger partial charge in [0.15, 0.2) is 13.2 Å². The van der Waals surface area contributed by atoms with Gasteiger partial charge in [-0.25, -0.2) is 5.48 Å². The third-order valence-corrected chi connectivity index (χ3v) is 3.93. The van der Waals surface area contributed by atoms with Gasteiger partial charge in [-0.3, -0.25) is 34.6 Å². The minimum atomic E-state index is -0.580. The van der Waals surface area contributed by atoms with Gasteiger partial charge in [-0.1, -0.05) is 6.07 Å². The summed E-state index contributed by atoms with van der Waals surface area (Å²) in [6.45, 7) is -0.577. The van der Waals surface area contributed by atoms with E-state index in [4.69, 9.17) is 15.3 Å². The molecule has 29 heavy (non-hydrogen) atoms. The minimum Gasteiger partial charge on any atom is -0.484 e. The van der Waals surface area contributed by atoms with Crippen molar-refractivity contribution in [3.63, 3.8) is 0 Å². The maximum atomic E-state index is 12.5. The van der Waals surface area contributed by atoms with Crippen LogP contribution in [0.25, 0.3) is 0 Å². The second kappa shape index (κ2) is 9.51. The number of hydroxylamine groups is 1. The number of rotatable bonds is 10. The van der Waals surface area contributed by atoms with Gasteiger partial charge in [0.1, 0.15) is 5.75 Å². The Balaban J connectivity index is 1.53. The number of nitrogens with zero attached hydrogens (tertiary/aromatic N) is 2. The molecule has 0 radical (unpaired) electrons. The molecule has 1 fully saturated rings. The summed E-state index contributed by atoms with van der Waals surface area (Å²) in [6.07, 6.45) is 4.66. The molecule has 4 N–H and O–H groups in total. The first-order valence-corrected chi connectivity index (χ1v) is 8.95. The molecule has 0 atom stereocenters. The van der Waals surface area contributed by atoms with Gasteiger partial charge in [0.25, 0.3) is 17.7 Å². The molecule has 1 heterocycles. The summed E-state index contributed by atoms with van der Waals surface area (Å²) < 4.78 is 5.26. The van der Waals surface area contributed by atoms with Crippen LogP contribution in [0.5, 0.6) is 5.75 Å². The number of aromatic nitrogens is 1. The van der Waals surface area contributed by atoms with Gasteiger partial charge in [0.2, 0.25) is 0 Å². The topological polar surface area (TPSA) is 136 Å². The van der Waals surface area contributed by atoms with Crippen LogP contribution in [0.4, 0.5) is 5.69 Å². The first-order chi connectivity index (χ1) is 14.0. The fourth-order valence-corrected chi connectivity index (χ4v) is 2.43. The molecule has 0 bridgehead atoms. The van der Waals surface area contributed by atoms with E-state index in [-0.39, 0.29) is 25.2 Å². The summed E-state index contributed by atoms with van der Waals surface area (Å²) in [7, 11) is 0. The van der Waals surface area contributed by atoms with Crippen molar-refractivity contribution in [1.82, 2.24) is 15.5 Å². The lowest BCUT2D eigenvalue weighted by Gasteiger charge is -2.24. The summed E-state index contributed by atoms with van der Waals surface area (Å²) in [4.78, 5) is 44.2. The van der Waals surface area contributed by atoms with Crippen molar-refractivity contribution in [3.05, 3.63) is 54.4 Å². The molecule has 1 saturated carbocycles. The Hall–Kier alpha value is -3.66. The van der Waals surface area contributed by atoms with Crippen molar-refractivity contribution < 1.29 is 24.0 Å². The first kappa shape index (κ1) is 20.1. The number of pyridine rings is 1. The number of hydrazine groups is 1. The number of carbonyl (C=O) groups is 3. The third-order valence-electron chi connectivity index (χ3n) is 3.93. The molecule has 1 aromatic heterocycles. The Kier molecular flexibility index (Phi) is 6.59. The Labute approximate surface area is 166 Å². The molecule has 10 nitrogen and oxygen atoms in total. The molecule has 0 aliphatic heterocycles. The Bertz CT molecular complexity index is 872. The highest BCUT2D eigenvalue weighted by Gasteiger charge is 2.33. The summed E-state index contributed by atoms with van der Waals surface area (Å²) >= 11 is 0. The van der Waals surface area contributed by atoms with Crippen LogP contribution in [0.15, 0.2) is 48.8 Å². The number of hydrogen-bond donors (Lipinski definition) is 3. The monoisotopic (exact) mass is 399 g/mol. The highest BCUT2D eigenvalue weighted by molar-refractivity contribution is 5.93. The maximum absolute atomic E-state index is 12.5. The van der Waals surface area contributed by atoms with Crippen LogP contribution in [0, 0.1) is 0 Å². The van der Waals surface area contributed by atoms with Gasteiger partial charge >= 0.3 is 0 Å². The molecule has 3 amide bonds. The SMILES string of the molecule is NC(=O)COc1cccc(NN(C(=O)CONC(=O)c2cccnc2)C2CC2)c1. The van der Waals surface area contributed by atoms with E-state index in [1.54, 1.807) is 42.6 Å². The molecule has 1 aromatic carbocycles. The minimum absolute atomic E-state index is 0.0373. The van der Waals surface area contributed by atoms with E-state index in [1.165, 1.54) is 11.2 Å². The Morgan fingerprint density at radius 1 is 1.17 bits per heavy atom. The van der Waals surface area contributed by atoms with Gasteiger partial charge in [-0.05, 0) is 37.1 Å². The summed E-state index contributed by atoms with van der Waals surface area (Å²) in [5, 5.41) is 1.46. The number of nitrogens with one attached hydrogen (secondary N) is 2. The zero-order chi connectivity index (χ0) is 20.6. The van der Waals surface area contributed by atoms with Crippen molar-refractivity contribution in [2.24, 2.45) is 5.73 Å². The van der Waals surface area contributed by atoms with Crippen molar-refractivity contribution in [1.29, 1.82) is 0 Å². The number of benzene rings is 1. The fraction of sp³-hybridized carbons (Fsp3) is 0.263. The van der Waals surface area contributed by atoms with E-state index in [0.717, 1.165) is 12.8 Å². The molecule has 0 unspecified atom stereocenters. The van der Waals surface area contributed by atoms with Crippen molar-refractivity contribution in [2.45, 2.75) is 18.9 Å². The number of hydrogen-bond acceptors (Lipinski definition) is 7. The van der Waals surface area contributed by atoms with E-state index < -0.39 is 11.8 Å². The molecule has 0 saturated heterocycles. The number of ether oxygens (including phenoxy) is 1. The van der Waals surface area contributed by atoms with Crippen LogP contribution >= 0.6 is 0 Å². The lowest BCUT2D eigenvalue weighted by atomic mass is 10.3. The van der Waals surface area contributed by atoms with E-state index in [9.17, 15) is 14.4 Å². The van der Waals surface area contributed by atoms with Gasteiger partial charge in [-0.2, -0.15) is 0 Å². The molecule has 0 spiro atoms. The second-order valence-corrected chi connectivity index (χ2v) is 6.35. The number of primary amides is 1.